The van der Waals surface area contributed by atoms with E-state index in [1.54, 1.807) is 0 Å². The van der Waals surface area contributed by atoms with Crippen LogP contribution in [-0.2, 0) is 0 Å². The second-order valence-electron chi connectivity index (χ2n) is 11.7. The van der Waals surface area contributed by atoms with E-state index in [-0.39, 0.29) is 0 Å². The van der Waals surface area contributed by atoms with Crippen molar-refractivity contribution in [2.24, 2.45) is 0 Å². The molecule has 3 heterocycles. The molecule has 0 aliphatic carbocycles. The molecule has 0 radical (unpaired) electrons. The standard InChI is InChI=1S/C42H25NS2/c1-2-12-30(13-3-1)43-37-17-9-8-16-34(37)42-41(43)36-23-28(19-21-38(36)45-42)31-14-6-7-15-32(31)29-18-20-33-35-22-26-10-4-5-11-27(26)24-40(35)44-39(33)25-29/h1-25H. The predicted octanol–water partition coefficient (Wildman–Crippen LogP) is 12.9. The van der Waals surface area contributed by atoms with Crippen LogP contribution in [0.1, 0.15) is 0 Å². The van der Waals surface area contributed by atoms with Gasteiger partial charge in [0.1, 0.15) is 0 Å². The third-order valence-electron chi connectivity index (χ3n) is 9.18. The number of hydrogen-bond donors (Lipinski definition) is 0. The summed E-state index contributed by atoms with van der Waals surface area (Å²) in [6.07, 6.45) is 0. The number of fused-ring (bicyclic) bond motifs is 9. The van der Waals surface area contributed by atoms with Crippen molar-refractivity contribution >= 4 is 84.8 Å². The zero-order chi connectivity index (χ0) is 29.5. The van der Waals surface area contributed by atoms with Gasteiger partial charge in [0.05, 0.1) is 15.7 Å². The minimum absolute atomic E-state index is 1.19. The third kappa shape index (κ3) is 3.78. The molecule has 0 spiro atoms. The largest absolute Gasteiger partial charge is 0.308 e. The summed E-state index contributed by atoms with van der Waals surface area (Å²) in [6.45, 7) is 0. The molecule has 3 heteroatoms. The highest BCUT2D eigenvalue weighted by Crippen LogP contribution is 2.45. The number of aromatic nitrogens is 1. The van der Waals surface area contributed by atoms with Crippen LogP contribution < -0.4 is 0 Å². The van der Waals surface area contributed by atoms with Crippen LogP contribution >= 0.6 is 22.7 Å². The Balaban J connectivity index is 1.17. The first-order valence-electron chi connectivity index (χ1n) is 15.3. The summed E-state index contributed by atoms with van der Waals surface area (Å²) in [5.74, 6) is 0. The molecule has 0 bridgehead atoms. The van der Waals surface area contributed by atoms with Gasteiger partial charge < -0.3 is 4.57 Å². The fourth-order valence-electron chi connectivity index (χ4n) is 7.10. The van der Waals surface area contributed by atoms with Gasteiger partial charge in [-0.1, -0.05) is 103 Å². The summed E-state index contributed by atoms with van der Waals surface area (Å²) in [5, 5.41) is 7.88. The maximum atomic E-state index is 2.44. The van der Waals surface area contributed by atoms with Crippen LogP contribution in [0, 0.1) is 0 Å². The van der Waals surface area contributed by atoms with Crippen LogP contribution in [0.4, 0.5) is 0 Å². The van der Waals surface area contributed by atoms with Gasteiger partial charge in [0.25, 0.3) is 0 Å². The number of thiophene rings is 2. The molecule has 10 aromatic rings. The minimum Gasteiger partial charge on any atom is -0.308 e. The Morgan fingerprint density at radius 3 is 1.91 bits per heavy atom. The number of para-hydroxylation sites is 2. The molecule has 0 unspecified atom stereocenters. The molecule has 0 aliphatic rings. The zero-order valence-corrected chi connectivity index (χ0v) is 25.8. The summed E-state index contributed by atoms with van der Waals surface area (Å²) < 4.78 is 7.77. The Labute approximate surface area is 267 Å². The molecule has 1 nitrogen and oxygen atoms in total. The van der Waals surface area contributed by atoms with Crippen LogP contribution in [-0.4, -0.2) is 4.57 Å². The first-order chi connectivity index (χ1) is 22.3. The lowest BCUT2D eigenvalue weighted by atomic mass is 9.93. The Morgan fingerprint density at radius 2 is 1.07 bits per heavy atom. The van der Waals surface area contributed by atoms with Crippen LogP contribution in [0.25, 0.3) is 90.1 Å². The van der Waals surface area contributed by atoms with Gasteiger partial charge in [0.15, 0.2) is 0 Å². The maximum Gasteiger partial charge on any atom is 0.0727 e. The van der Waals surface area contributed by atoms with Crippen molar-refractivity contribution in [1.29, 1.82) is 0 Å². The second kappa shape index (κ2) is 9.64. The highest BCUT2D eigenvalue weighted by atomic mass is 32.1. The van der Waals surface area contributed by atoms with E-state index >= 15 is 0 Å². The second-order valence-corrected chi connectivity index (χ2v) is 13.9. The van der Waals surface area contributed by atoms with Crippen molar-refractivity contribution in [2.75, 3.05) is 0 Å². The molecular weight excluding hydrogens is 583 g/mol. The quantitative estimate of drug-likeness (QED) is 0.188. The van der Waals surface area contributed by atoms with E-state index in [0.717, 1.165) is 0 Å². The Morgan fingerprint density at radius 1 is 0.400 bits per heavy atom. The van der Waals surface area contributed by atoms with Gasteiger partial charge in [-0.3, -0.25) is 0 Å². The third-order valence-corrected chi connectivity index (χ3v) is 11.5. The molecule has 45 heavy (non-hydrogen) atoms. The van der Waals surface area contributed by atoms with E-state index in [0.29, 0.717) is 0 Å². The van der Waals surface area contributed by atoms with Crippen molar-refractivity contribution < 1.29 is 0 Å². The molecule has 0 atom stereocenters. The topological polar surface area (TPSA) is 4.93 Å². The highest BCUT2D eigenvalue weighted by Gasteiger charge is 2.19. The SMILES string of the molecule is c1ccc(-n2c3ccccc3c3sc4ccc(-c5ccccc5-c5ccc6c(c5)sc5cc7ccccc7cc56)cc4c32)cc1. The zero-order valence-electron chi connectivity index (χ0n) is 24.2. The molecule has 3 aromatic heterocycles. The summed E-state index contributed by atoms with van der Waals surface area (Å²) >= 11 is 3.79. The van der Waals surface area contributed by atoms with Crippen LogP contribution in [0.3, 0.4) is 0 Å². The van der Waals surface area contributed by atoms with Gasteiger partial charge in [-0.05, 0) is 81.6 Å². The fourth-order valence-corrected chi connectivity index (χ4v) is 9.48. The first-order valence-corrected chi connectivity index (χ1v) is 16.9. The predicted molar refractivity (Wildman–Crippen MR) is 197 cm³/mol. The van der Waals surface area contributed by atoms with Crippen LogP contribution in [0.2, 0.25) is 0 Å². The van der Waals surface area contributed by atoms with Crippen LogP contribution in [0.15, 0.2) is 152 Å². The lowest BCUT2D eigenvalue weighted by Crippen LogP contribution is -1.93. The van der Waals surface area contributed by atoms with E-state index in [4.69, 9.17) is 0 Å². The molecule has 10 rings (SSSR count). The summed E-state index contributed by atoms with van der Waals surface area (Å²) in [5.41, 5.74) is 8.75. The molecular formula is C42H25NS2. The summed E-state index contributed by atoms with van der Waals surface area (Å²) in [6, 6.07) is 55.8. The van der Waals surface area contributed by atoms with Crippen LogP contribution in [0.5, 0.6) is 0 Å². The van der Waals surface area contributed by atoms with E-state index < -0.39 is 0 Å². The average Bonchev–Trinajstić information content (AvgIpc) is 3.75. The molecule has 7 aromatic carbocycles. The van der Waals surface area contributed by atoms with E-state index in [9.17, 15) is 0 Å². The monoisotopic (exact) mass is 607 g/mol. The highest BCUT2D eigenvalue weighted by molar-refractivity contribution is 7.27. The Hall–Kier alpha value is -5.22. The van der Waals surface area contributed by atoms with Gasteiger partial charge in [0.2, 0.25) is 0 Å². The minimum atomic E-state index is 1.19. The fraction of sp³-hybridized carbons (Fsp3) is 0. The maximum absolute atomic E-state index is 2.44. The first kappa shape index (κ1) is 25.1. The lowest BCUT2D eigenvalue weighted by Gasteiger charge is -2.12. The Bertz CT molecular complexity index is 2760. The summed E-state index contributed by atoms with van der Waals surface area (Å²) in [4.78, 5) is 0. The molecule has 0 aliphatic heterocycles. The molecule has 0 saturated carbocycles. The van der Waals surface area contributed by atoms with Gasteiger partial charge in [-0.15, -0.1) is 22.7 Å². The van der Waals surface area contributed by atoms with Crippen molar-refractivity contribution in [3.05, 3.63) is 152 Å². The lowest BCUT2D eigenvalue weighted by molar-refractivity contribution is 1.19. The van der Waals surface area contributed by atoms with Crippen molar-refractivity contribution in [1.82, 2.24) is 4.57 Å². The smallest absolute Gasteiger partial charge is 0.0727 e. The number of rotatable bonds is 3. The molecule has 210 valence electrons. The van der Waals surface area contributed by atoms with Crippen molar-refractivity contribution in [3.8, 4) is 27.9 Å². The van der Waals surface area contributed by atoms with Crippen molar-refractivity contribution in [3.63, 3.8) is 0 Å². The number of nitrogens with zero attached hydrogens (tertiary/aromatic N) is 1. The van der Waals surface area contributed by atoms with Gasteiger partial charge in [-0.2, -0.15) is 0 Å². The van der Waals surface area contributed by atoms with E-state index in [2.05, 4.69) is 156 Å². The Kier molecular flexibility index (Phi) is 5.39. The molecule has 0 N–H and O–H groups in total. The summed E-state index contributed by atoms with van der Waals surface area (Å²) in [7, 11) is 0. The number of hydrogen-bond acceptors (Lipinski definition) is 2. The molecule has 0 fully saturated rings. The van der Waals surface area contributed by atoms with E-state index in [1.807, 2.05) is 22.7 Å². The average molecular weight is 608 g/mol. The van der Waals surface area contributed by atoms with Crippen molar-refractivity contribution in [2.45, 2.75) is 0 Å². The van der Waals surface area contributed by atoms with Gasteiger partial charge in [0, 0.05) is 41.3 Å². The molecule has 0 amide bonds. The number of benzene rings is 7. The van der Waals surface area contributed by atoms with Gasteiger partial charge >= 0.3 is 0 Å². The molecule has 0 saturated heterocycles. The van der Waals surface area contributed by atoms with Gasteiger partial charge in [-0.25, -0.2) is 0 Å². The van der Waals surface area contributed by atoms with E-state index in [1.165, 1.54) is 90.1 Å². The normalized spacial score (nSPS) is 12.0.